The van der Waals surface area contributed by atoms with E-state index in [1.54, 1.807) is 0 Å². The quantitative estimate of drug-likeness (QED) is 0.276. The molecule has 26 heavy (non-hydrogen) atoms. The van der Waals surface area contributed by atoms with Gasteiger partial charge in [0.05, 0.1) is 25.3 Å². The van der Waals surface area contributed by atoms with Crippen molar-refractivity contribution in [3.8, 4) is 0 Å². The van der Waals surface area contributed by atoms with Gasteiger partial charge in [-0.25, -0.2) is 4.79 Å². The van der Waals surface area contributed by atoms with Crippen LogP contribution in [0.25, 0.3) is 0 Å². The summed E-state index contributed by atoms with van der Waals surface area (Å²) in [6, 6.07) is 0.407. The third-order valence-corrected chi connectivity index (χ3v) is 6.58. The Morgan fingerprint density at radius 2 is 2.00 bits per heavy atom. The summed E-state index contributed by atoms with van der Waals surface area (Å²) in [7, 11) is -3.93. The lowest BCUT2D eigenvalue weighted by molar-refractivity contribution is -0.119. The number of hydrogen-bond acceptors (Lipinski definition) is 6. The minimum atomic E-state index is -3.93. The van der Waals surface area contributed by atoms with Gasteiger partial charge in [-0.1, -0.05) is 6.42 Å². The van der Waals surface area contributed by atoms with Gasteiger partial charge in [-0.2, -0.15) is 16.0 Å². The second-order valence-corrected chi connectivity index (χ2v) is 9.73. The SMILES string of the molecule is CP(=O)(F)OCCOCCCC(=O)CCCCC1SCC2NC(=O)NC21. The molecule has 2 fully saturated rings. The van der Waals surface area contributed by atoms with E-state index in [4.69, 9.17) is 4.74 Å². The maximum absolute atomic E-state index is 12.6. The molecule has 0 radical (unpaired) electrons. The minimum absolute atomic E-state index is 0.0464. The maximum atomic E-state index is 12.6. The molecular formula is C16H28FN2O5PS. The molecule has 0 aromatic rings. The van der Waals surface area contributed by atoms with E-state index in [0.717, 1.165) is 31.7 Å². The van der Waals surface area contributed by atoms with Gasteiger partial charge in [-0.15, -0.1) is 0 Å². The number of rotatable bonds is 13. The summed E-state index contributed by atoms with van der Waals surface area (Å²) in [6.07, 6.45) is 4.53. The van der Waals surface area contributed by atoms with Crippen LogP contribution in [0.15, 0.2) is 0 Å². The van der Waals surface area contributed by atoms with Crippen molar-refractivity contribution in [1.29, 1.82) is 0 Å². The van der Waals surface area contributed by atoms with E-state index in [2.05, 4.69) is 15.2 Å². The van der Waals surface area contributed by atoms with E-state index in [-0.39, 0.29) is 37.1 Å². The largest absolute Gasteiger partial charge is 0.379 e. The second-order valence-electron chi connectivity index (χ2n) is 6.70. The number of nitrogens with one attached hydrogen (secondary N) is 2. The highest BCUT2D eigenvalue weighted by Gasteiger charge is 2.42. The number of halogens is 1. The molecule has 0 aromatic heterocycles. The van der Waals surface area contributed by atoms with E-state index in [1.165, 1.54) is 0 Å². The summed E-state index contributed by atoms with van der Waals surface area (Å²) < 4.78 is 32.9. The number of carbonyl (C=O) groups is 2. The molecule has 10 heteroatoms. The van der Waals surface area contributed by atoms with Gasteiger partial charge in [0.15, 0.2) is 0 Å². The number of carbonyl (C=O) groups excluding carboxylic acids is 2. The van der Waals surface area contributed by atoms with Crippen molar-refractivity contribution in [2.24, 2.45) is 0 Å². The first-order valence-electron chi connectivity index (χ1n) is 9.05. The third kappa shape index (κ3) is 7.94. The van der Waals surface area contributed by atoms with Gasteiger partial charge in [0.2, 0.25) is 0 Å². The lowest BCUT2D eigenvalue weighted by Gasteiger charge is -2.16. The number of fused-ring (bicyclic) bond motifs is 1. The average molecular weight is 410 g/mol. The predicted octanol–water partition coefficient (Wildman–Crippen LogP) is 2.89. The summed E-state index contributed by atoms with van der Waals surface area (Å²) in [5.74, 6) is 1.18. The van der Waals surface area contributed by atoms with Crippen LogP contribution < -0.4 is 10.6 Å². The Labute approximate surface area is 158 Å². The van der Waals surface area contributed by atoms with E-state index in [0.29, 0.717) is 31.1 Å². The number of amides is 2. The van der Waals surface area contributed by atoms with Crippen LogP contribution in [-0.4, -0.2) is 61.4 Å². The molecule has 2 aliphatic heterocycles. The fourth-order valence-corrected chi connectivity index (χ4v) is 5.11. The Morgan fingerprint density at radius 1 is 1.23 bits per heavy atom. The molecule has 4 atom stereocenters. The van der Waals surface area contributed by atoms with Crippen LogP contribution in [0.3, 0.4) is 0 Å². The van der Waals surface area contributed by atoms with Gasteiger partial charge >= 0.3 is 13.7 Å². The van der Waals surface area contributed by atoms with Gasteiger partial charge in [0, 0.05) is 37.1 Å². The van der Waals surface area contributed by atoms with Crippen LogP contribution in [0.2, 0.25) is 0 Å². The normalized spacial score (nSPS) is 26.8. The number of urea groups is 1. The number of unbranched alkanes of at least 4 members (excludes halogenated alkanes) is 1. The topological polar surface area (TPSA) is 93.7 Å². The zero-order valence-corrected chi connectivity index (χ0v) is 16.8. The smallest absolute Gasteiger partial charge is 0.364 e. The fourth-order valence-electron chi connectivity index (χ4n) is 3.17. The number of Topliss-reactive ketones (excluding diaryl/α,β-unsaturated/α-hetero) is 1. The number of ether oxygens (including phenoxy) is 1. The zero-order valence-electron chi connectivity index (χ0n) is 15.1. The summed E-state index contributed by atoms with van der Waals surface area (Å²) >= 11 is 1.89. The molecular weight excluding hydrogens is 382 g/mol. The first-order valence-corrected chi connectivity index (χ1v) is 12.1. The lowest BCUT2D eigenvalue weighted by Crippen LogP contribution is -2.36. The zero-order chi connectivity index (χ0) is 19.0. The third-order valence-electron chi connectivity index (χ3n) is 4.43. The van der Waals surface area contributed by atoms with Crippen LogP contribution >= 0.6 is 19.4 Å². The molecule has 2 N–H and O–H groups in total. The molecule has 7 nitrogen and oxygen atoms in total. The minimum Gasteiger partial charge on any atom is -0.379 e. The molecule has 2 rings (SSSR count). The van der Waals surface area contributed by atoms with Crippen LogP contribution in [0.5, 0.6) is 0 Å². The van der Waals surface area contributed by atoms with Crippen molar-refractivity contribution in [2.45, 2.75) is 55.9 Å². The predicted molar refractivity (Wildman–Crippen MR) is 99.6 cm³/mol. The van der Waals surface area contributed by atoms with Crippen molar-refractivity contribution >= 4 is 31.3 Å². The van der Waals surface area contributed by atoms with Crippen LogP contribution in [0, 0.1) is 0 Å². The molecule has 2 aliphatic rings. The number of hydrogen-bond donors (Lipinski definition) is 2. The van der Waals surface area contributed by atoms with Crippen molar-refractivity contribution in [3.63, 3.8) is 0 Å². The Hall–Kier alpha value is -0.630. The Bertz CT molecular complexity index is 533. The molecule has 0 aliphatic carbocycles. The Kier molecular flexibility index (Phi) is 8.87. The Morgan fingerprint density at radius 3 is 2.77 bits per heavy atom. The highest BCUT2D eigenvalue weighted by Crippen LogP contribution is 2.43. The van der Waals surface area contributed by atoms with E-state index in [1.807, 2.05) is 11.8 Å². The van der Waals surface area contributed by atoms with Crippen LogP contribution in [0.1, 0.15) is 38.5 Å². The van der Waals surface area contributed by atoms with Crippen molar-refractivity contribution in [1.82, 2.24) is 10.6 Å². The Balaban J connectivity index is 1.42. The average Bonchev–Trinajstić information content (AvgIpc) is 3.09. The molecule has 2 saturated heterocycles. The monoisotopic (exact) mass is 410 g/mol. The van der Waals surface area contributed by atoms with Crippen molar-refractivity contribution < 1.29 is 27.6 Å². The summed E-state index contributed by atoms with van der Waals surface area (Å²) in [5.41, 5.74) is 0. The van der Waals surface area contributed by atoms with Crippen LogP contribution in [0.4, 0.5) is 8.99 Å². The first-order chi connectivity index (χ1) is 12.3. The summed E-state index contributed by atoms with van der Waals surface area (Å²) in [4.78, 5) is 23.2. The van der Waals surface area contributed by atoms with Gasteiger partial charge in [0.25, 0.3) is 0 Å². The fraction of sp³-hybridized carbons (Fsp3) is 0.875. The highest BCUT2D eigenvalue weighted by atomic mass is 32.2. The lowest BCUT2D eigenvalue weighted by atomic mass is 10.0. The second kappa shape index (κ2) is 10.6. The highest BCUT2D eigenvalue weighted by molar-refractivity contribution is 8.00. The molecule has 0 bridgehead atoms. The van der Waals surface area contributed by atoms with Crippen LogP contribution in [-0.2, 0) is 18.6 Å². The molecule has 2 heterocycles. The summed E-state index contributed by atoms with van der Waals surface area (Å²) in [5, 5.41) is 6.34. The van der Waals surface area contributed by atoms with Crippen molar-refractivity contribution in [3.05, 3.63) is 0 Å². The summed E-state index contributed by atoms with van der Waals surface area (Å²) in [6.45, 7) is 1.44. The molecule has 0 aromatic carbocycles. The number of thioether (sulfide) groups is 1. The van der Waals surface area contributed by atoms with Gasteiger partial charge < -0.3 is 19.9 Å². The van der Waals surface area contributed by atoms with Gasteiger partial charge in [-0.3, -0.25) is 9.36 Å². The van der Waals surface area contributed by atoms with Gasteiger partial charge in [0.1, 0.15) is 5.78 Å². The van der Waals surface area contributed by atoms with Gasteiger partial charge in [-0.05, 0) is 19.3 Å². The standard InChI is InChI=1S/C16H28FN2O5PS/c1-25(17,22)24-10-9-23-8-4-6-12(20)5-2-3-7-14-15-13(11-26-14)18-16(21)19-15/h13-15H,2-11H2,1H3,(H2,18,19,21). The molecule has 0 spiro atoms. The van der Waals surface area contributed by atoms with Crippen molar-refractivity contribution in [2.75, 3.05) is 32.2 Å². The van der Waals surface area contributed by atoms with E-state index < -0.39 is 7.68 Å². The maximum Gasteiger partial charge on any atom is 0.364 e. The molecule has 2 amide bonds. The molecule has 0 saturated carbocycles. The van der Waals surface area contributed by atoms with E-state index >= 15 is 0 Å². The molecule has 150 valence electrons. The first kappa shape index (κ1) is 21.7. The molecule has 4 unspecified atom stereocenters. The van der Waals surface area contributed by atoms with E-state index in [9.17, 15) is 18.4 Å². The number of ketones is 1.